The van der Waals surface area contributed by atoms with Crippen molar-refractivity contribution in [2.45, 2.75) is 51.7 Å². The molecule has 1 fully saturated rings. The molecule has 1 aromatic rings. The minimum absolute atomic E-state index is 0.0449. The molecule has 1 aliphatic rings. The van der Waals surface area contributed by atoms with Crippen molar-refractivity contribution in [1.82, 2.24) is 15.5 Å². The molecular weight excluding hydrogens is 302 g/mol. The van der Waals surface area contributed by atoms with E-state index in [4.69, 9.17) is 4.74 Å². The average molecular weight is 333 g/mol. The van der Waals surface area contributed by atoms with Crippen LogP contribution in [-0.2, 0) is 11.3 Å². The van der Waals surface area contributed by atoms with Gasteiger partial charge in [-0.3, -0.25) is 4.79 Å². The Balaban J connectivity index is 1.80. The van der Waals surface area contributed by atoms with E-state index in [-0.39, 0.29) is 11.9 Å². The minimum Gasteiger partial charge on any atom is -0.497 e. The van der Waals surface area contributed by atoms with Gasteiger partial charge in [0.25, 0.3) is 0 Å². The predicted octanol–water partition coefficient (Wildman–Crippen LogP) is 2.16. The fraction of sp³-hybridized carbons (Fsp3) is 0.632. The summed E-state index contributed by atoms with van der Waals surface area (Å²) in [5, 5.41) is 6.93. The Morgan fingerprint density at radius 3 is 2.50 bits per heavy atom. The normalized spacial score (nSPS) is 20.1. The van der Waals surface area contributed by atoms with Crippen LogP contribution in [0.4, 0.5) is 0 Å². The zero-order valence-electron chi connectivity index (χ0n) is 15.2. The van der Waals surface area contributed by atoms with Crippen LogP contribution < -0.4 is 15.4 Å². The van der Waals surface area contributed by atoms with Gasteiger partial charge >= 0.3 is 0 Å². The number of nitrogens with one attached hydrogen (secondary N) is 2. The van der Waals surface area contributed by atoms with Crippen LogP contribution in [0.15, 0.2) is 24.3 Å². The summed E-state index contributed by atoms with van der Waals surface area (Å²) >= 11 is 0. The summed E-state index contributed by atoms with van der Waals surface area (Å²) in [4.78, 5) is 14.6. The largest absolute Gasteiger partial charge is 0.497 e. The third kappa shape index (κ3) is 5.21. The molecule has 2 N–H and O–H groups in total. The van der Waals surface area contributed by atoms with E-state index in [1.54, 1.807) is 7.11 Å². The standard InChI is InChI=1S/C19H31N3O2/c1-4-10-22(11-5-2)19(23)18-12-16(14-21-18)20-13-15-6-8-17(24-3)9-7-15/h6-9,16,18,20-21H,4-5,10-14H2,1-3H3. The number of hydrogen-bond donors (Lipinski definition) is 2. The van der Waals surface area contributed by atoms with Gasteiger partial charge < -0.3 is 20.3 Å². The SMILES string of the molecule is CCCN(CCC)C(=O)C1CC(NCc2ccc(OC)cc2)CN1. The maximum atomic E-state index is 12.6. The predicted molar refractivity (Wildman–Crippen MR) is 97.2 cm³/mol. The molecule has 0 saturated carbocycles. The van der Waals surface area contributed by atoms with Gasteiger partial charge in [-0.25, -0.2) is 0 Å². The Bertz CT molecular complexity index is 498. The topological polar surface area (TPSA) is 53.6 Å². The van der Waals surface area contributed by atoms with Gasteiger partial charge in [-0.15, -0.1) is 0 Å². The van der Waals surface area contributed by atoms with E-state index in [1.807, 2.05) is 17.0 Å². The highest BCUT2D eigenvalue weighted by molar-refractivity contribution is 5.82. The Labute approximate surface area is 145 Å². The Hall–Kier alpha value is -1.59. The fourth-order valence-corrected chi connectivity index (χ4v) is 3.18. The summed E-state index contributed by atoms with van der Waals surface area (Å²) < 4.78 is 5.18. The van der Waals surface area contributed by atoms with E-state index in [0.29, 0.717) is 6.04 Å². The minimum atomic E-state index is -0.0449. The van der Waals surface area contributed by atoms with Crippen molar-refractivity contribution in [1.29, 1.82) is 0 Å². The highest BCUT2D eigenvalue weighted by Crippen LogP contribution is 2.14. The highest BCUT2D eigenvalue weighted by atomic mass is 16.5. The lowest BCUT2D eigenvalue weighted by atomic mass is 10.1. The number of methoxy groups -OCH3 is 1. The van der Waals surface area contributed by atoms with Crippen molar-refractivity contribution >= 4 is 5.91 Å². The molecule has 0 bridgehead atoms. The van der Waals surface area contributed by atoms with E-state index in [1.165, 1.54) is 5.56 Å². The van der Waals surface area contributed by atoms with Crippen LogP contribution in [-0.4, -0.2) is 49.6 Å². The quantitative estimate of drug-likeness (QED) is 0.727. The van der Waals surface area contributed by atoms with E-state index in [2.05, 4.69) is 36.6 Å². The van der Waals surface area contributed by atoms with Gasteiger partial charge in [0.1, 0.15) is 5.75 Å². The van der Waals surface area contributed by atoms with Gasteiger partial charge in [0, 0.05) is 32.2 Å². The lowest BCUT2D eigenvalue weighted by Gasteiger charge is -2.25. The first-order valence-corrected chi connectivity index (χ1v) is 9.06. The molecule has 24 heavy (non-hydrogen) atoms. The van der Waals surface area contributed by atoms with Crippen LogP contribution in [0.2, 0.25) is 0 Å². The molecule has 5 heteroatoms. The summed E-state index contributed by atoms with van der Waals surface area (Å²) in [5.74, 6) is 1.13. The molecule has 2 rings (SSSR count). The van der Waals surface area contributed by atoms with Crippen molar-refractivity contribution in [3.63, 3.8) is 0 Å². The van der Waals surface area contributed by atoms with Crippen LogP contribution in [0.5, 0.6) is 5.75 Å². The third-order valence-corrected chi connectivity index (χ3v) is 4.48. The lowest BCUT2D eigenvalue weighted by Crippen LogP contribution is -2.44. The first-order chi connectivity index (χ1) is 11.7. The molecule has 0 radical (unpaired) electrons. The van der Waals surface area contributed by atoms with Crippen LogP contribution in [0.25, 0.3) is 0 Å². The molecule has 1 aromatic carbocycles. The second-order valence-electron chi connectivity index (χ2n) is 6.45. The first-order valence-electron chi connectivity index (χ1n) is 9.06. The van der Waals surface area contributed by atoms with Gasteiger partial charge in [0.2, 0.25) is 5.91 Å². The molecule has 5 nitrogen and oxygen atoms in total. The summed E-state index contributed by atoms with van der Waals surface area (Å²) in [5.41, 5.74) is 1.23. The van der Waals surface area contributed by atoms with E-state index in [9.17, 15) is 4.79 Å². The lowest BCUT2D eigenvalue weighted by molar-refractivity contribution is -0.133. The molecule has 1 saturated heterocycles. The number of carbonyl (C=O) groups excluding carboxylic acids is 1. The summed E-state index contributed by atoms with van der Waals surface area (Å²) in [6, 6.07) is 8.39. The van der Waals surface area contributed by atoms with Crippen molar-refractivity contribution < 1.29 is 9.53 Å². The van der Waals surface area contributed by atoms with E-state index >= 15 is 0 Å². The number of carbonyl (C=O) groups is 1. The maximum absolute atomic E-state index is 12.6. The van der Waals surface area contributed by atoms with E-state index < -0.39 is 0 Å². The molecule has 2 unspecified atom stereocenters. The summed E-state index contributed by atoms with van der Waals surface area (Å²) in [7, 11) is 1.68. The summed E-state index contributed by atoms with van der Waals surface area (Å²) in [6.07, 6.45) is 2.88. The van der Waals surface area contributed by atoms with Crippen molar-refractivity contribution in [3.8, 4) is 5.75 Å². The van der Waals surface area contributed by atoms with Crippen LogP contribution in [0.1, 0.15) is 38.7 Å². The molecule has 1 amide bonds. The van der Waals surface area contributed by atoms with Gasteiger partial charge in [-0.2, -0.15) is 0 Å². The van der Waals surface area contributed by atoms with Gasteiger partial charge in [-0.1, -0.05) is 26.0 Å². The Morgan fingerprint density at radius 1 is 1.25 bits per heavy atom. The number of hydrogen-bond acceptors (Lipinski definition) is 4. The maximum Gasteiger partial charge on any atom is 0.239 e. The monoisotopic (exact) mass is 333 g/mol. The van der Waals surface area contributed by atoms with Crippen molar-refractivity contribution in [2.75, 3.05) is 26.7 Å². The number of benzene rings is 1. The fourth-order valence-electron chi connectivity index (χ4n) is 3.18. The summed E-state index contributed by atoms with van der Waals surface area (Å²) in [6.45, 7) is 7.61. The van der Waals surface area contributed by atoms with Crippen molar-refractivity contribution in [3.05, 3.63) is 29.8 Å². The third-order valence-electron chi connectivity index (χ3n) is 4.48. The highest BCUT2D eigenvalue weighted by Gasteiger charge is 2.31. The molecular formula is C19H31N3O2. The van der Waals surface area contributed by atoms with Gasteiger partial charge in [-0.05, 0) is 37.0 Å². The van der Waals surface area contributed by atoms with Gasteiger partial charge in [0.05, 0.1) is 13.2 Å². The molecule has 1 heterocycles. The van der Waals surface area contributed by atoms with E-state index in [0.717, 1.165) is 51.2 Å². The second kappa shape index (κ2) is 9.64. The number of ether oxygens (including phenoxy) is 1. The molecule has 0 aliphatic carbocycles. The molecule has 0 spiro atoms. The smallest absolute Gasteiger partial charge is 0.239 e. The zero-order chi connectivity index (χ0) is 17.4. The second-order valence-corrected chi connectivity index (χ2v) is 6.45. The zero-order valence-corrected chi connectivity index (χ0v) is 15.2. The molecule has 134 valence electrons. The van der Waals surface area contributed by atoms with Crippen LogP contribution >= 0.6 is 0 Å². The first kappa shape index (κ1) is 18.7. The molecule has 1 aliphatic heterocycles. The Kier molecular flexibility index (Phi) is 7.53. The number of nitrogens with zero attached hydrogens (tertiary/aromatic N) is 1. The van der Waals surface area contributed by atoms with Crippen molar-refractivity contribution in [2.24, 2.45) is 0 Å². The van der Waals surface area contributed by atoms with Crippen LogP contribution in [0, 0.1) is 0 Å². The number of amides is 1. The average Bonchev–Trinajstić information content (AvgIpc) is 3.08. The molecule has 0 aromatic heterocycles. The molecule has 2 atom stereocenters. The van der Waals surface area contributed by atoms with Crippen LogP contribution in [0.3, 0.4) is 0 Å². The Morgan fingerprint density at radius 2 is 1.92 bits per heavy atom. The van der Waals surface area contributed by atoms with Gasteiger partial charge in [0.15, 0.2) is 0 Å². The number of rotatable bonds is 9.